The number of carbonyl (C=O) groups is 2. The van der Waals surface area contributed by atoms with Crippen LogP contribution >= 0.6 is 0 Å². The Morgan fingerprint density at radius 3 is 2.38 bits per heavy atom. The SMILES string of the molecule is CC(NC(=O)CCCNC(=O)c1ccccc1)c1ccc(F)cc1. The molecule has 24 heavy (non-hydrogen) atoms. The molecule has 0 bridgehead atoms. The molecule has 0 aliphatic carbocycles. The Hall–Kier alpha value is -2.69. The smallest absolute Gasteiger partial charge is 0.251 e. The summed E-state index contributed by atoms with van der Waals surface area (Å²) in [5.41, 5.74) is 1.45. The van der Waals surface area contributed by atoms with Crippen molar-refractivity contribution in [2.45, 2.75) is 25.8 Å². The predicted octanol–water partition coefficient (Wildman–Crippen LogP) is 3.21. The van der Waals surface area contributed by atoms with Crippen LogP contribution in [-0.4, -0.2) is 18.4 Å². The maximum atomic E-state index is 12.9. The first-order chi connectivity index (χ1) is 11.6. The van der Waals surface area contributed by atoms with E-state index in [0.717, 1.165) is 5.56 Å². The highest BCUT2D eigenvalue weighted by atomic mass is 19.1. The van der Waals surface area contributed by atoms with Gasteiger partial charge in [0.05, 0.1) is 6.04 Å². The van der Waals surface area contributed by atoms with Crippen molar-refractivity contribution in [2.75, 3.05) is 6.54 Å². The van der Waals surface area contributed by atoms with E-state index in [1.165, 1.54) is 12.1 Å². The van der Waals surface area contributed by atoms with Gasteiger partial charge in [0.25, 0.3) is 5.91 Å². The third kappa shape index (κ3) is 5.50. The molecule has 4 nitrogen and oxygen atoms in total. The molecule has 2 aromatic rings. The van der Waals surface area contributed by atoms with Crippen LogP contribution in [0.3, 0.4) is 0 Å². The lowest BCUT2D eigenvalue weighted by atomic mass is 10.1. The molecule has 0 heterocycles. The number of carbonyl (C=O) groups excluding carboxylic acids is 2. The summed E-state index contributed by atoms with van der Waals surface area (Å²) in [5.74, 6) is -0.539. The standard InChI is InChI=1S/C19H21FN2O2/c1-14(15-9-11-17(20)12-10-15)22-18(23)8-5-13-21-19(24)16-6-3-2-4-7-16/h2-4,6-7,9-12,14H,5,8,13H2,1H3,(H,21,24)(H,22,23). The molecule has 0 fully saturated rings. The highest BCUT2D eigenvalue weighted by Crippen LogP contribution is 2.13. The van der Waals surface area contributed by atoms with Crippen LogP contribution in [0, 0.1) is 5.82 Å². The summed E-state index contributed by atoms with van der Waals surface area (Å²) < 4.78 is 12.9. The van der Waals surface area contributed by atoms with Crippen LogP contribution in [0.4, 0.5) is 4.39 Å². The topological polar surface area (TPSA) is 58.2 Å². The molecule has 2 amide bonds. The molecule has 2 N–H and O–H groups in total. The van der Waals surface area contributed by atoms with Gasteiger partial charge in [-0.1, -0.05) is 30.3 Å². The van der Waals surface area contributed by atoms with Crippen molar-refractivity contribution < 1.29 is 14.0 Å². The Kier molecular flexibility index (Phi) is 6.49. The molecular weight excluding hydrogens is 307 g/mol. The van der Waals surface area contributed by atoms with Gasteiger partial charge < -0.3 is 10.6 Å². The van der Waals surface area contributed by atoms with Crippen molar-refractivity contribution in [1.29, 1.82) is 0 Å². The fourth-order valence-electron chi connectivity index (χ4n) is 2.29. The first-order valence-electron chi connectivity index (χ1n) is 7.94. The third-order valence-electron chi connectivity index (χ3n) is 3.65. The minimum absolute atomic E-state index is 0.0965. The molecule has 0 aliphatic heterocycles. The maximum absolute atomic E-state index is 12.9. The van der Waals surface area contributed by atoms with Gasteiger partial charge in [-0.3, -0.25) is 9.59 Å². The van der Waals surface area contributed by atoms with Crippen molar-refractivity contribution >= 4 is 11.8 Å². The fraction of sp³-hybridized carbons (Fsp3) is 0.263. The minimum Gasteiger partial charge on any atom is -0.352 e. The van der Waals surface area contributed by atoms with Gasteiger partial charge in [-0.05, 0) is 43.2 Å². The van der Waals surface area contributed by atoms with Gasteiger partial charge in [-0.15, -0.1) is 0 Å². The summed E-state index contributed by atoms with van der Waals surface area (Å²) in [6, 6.07) is 14.8. The van der Waals surface area contributed by atoms with Crippen LogP contribution in [0.5, 0.6) is 0 Å². The number of amides is 2. The van der Waals surface area contributed by atoms with E-state index < -0.39 is 0 Å². The second-order valence-corrected chi connectivity index (χ2v) is 5.57. The number of hydrogen-bond acceptors (Lipinski definition) is 2. The molecule has 5 heteroatoms. The summed E-state index contributed by atoms with van der Waals surface area (Å²) in [7, 11) is 0. The van der Waals surface area contributed by atoms with Gasteiger partial charge in [0, 0.05) is 18.5 Å². The maximum Gasteiger partial charge on any atom is 0.251 e. The van der Waals surface area contributed by atoms with Gasteiger partial charge in [-0.25, -0.2) is 4.39 Å². The first-order valence-corrected chi connectivity index (χ1v) is 7.94. The van der Waals surface area contributed by atoms with E-state index in [1.807, 2.05) is 13.0 Å². The molecular formula is C19H21FN2O2. The number of rotatable bonds is 7. The highest BCUT2D eigenvalue weighted by molar-refractivity contribution is 5.94. The molecule has 0 aromatic heterocycles. The van der Waals surface area contributed by atoms with Crippen LogP contribution in [-0.2, 0) is 4.79 Å². The average molecular weight is 328 g/mol. The molecule has 126 valence electrons. The summed E-state index contributed by atoms with van der Waals surface area (Å²) in [6.07, 6.45) is 0.876. The largest absolute Gasteiger partial charge is 0.352 e. The monoisotopic (exact) mass is 328 g/mol. The lowest BCUT2D eigenvalue weighted by Gasteiger charge is -2.14. The second kappa shape index (κ2) is 8.82. The highest BCUT2D eigenvalue weighted by Gasteiger charge is 2.10. The zero-order chi connectivity index (χ0) is 17.4. The number of hydrogen-bond donors (Lipinski definition) is 2. The molecule has 1 atom stereocenters. The quantitative estimate of drug-likeness (QED) is 0.767. The van der Waals surface area contributed by atoms with E-state index in [9.17, 15) is 14.0 Å². The van der Waals surface area contributed by atoms with Gasteiger partial charge in [0.1, 0.15) is 5.82 Å². The van der Waals surface area contributed by atoms with E-state index in [0.29, 0.717) is 24.9 Å². The number of nitrogens with one attached hydrogen (secondary N) is 2. The number of benzene rings is 2. The predicted molar refractivity (Wildman–Crippen MR) is 91.0 cm³/mol. The van der Waals surface area contributed by atoms with Crippen LogP contribution in [0.2, 0.25) is 0 Å². The minimum atomic E-state index is -0.300. The Balaban J connectivity index is 1.68. The molecule has 0 aliphatic rings. The van der Waals surface area contributed by atoms with Crippen molar-refractivity contribution in [3.63, 3.8) is 0 Å². The van der Waals surface area contributed by atoms with Crippen molar-refractivity contribution in [1.82, 2.24) is 10.6 Å². The summed E-state index contributed by atoms with van der Waals surface area (Å²) in [5, 5.41) is 5.65. The Bertz CT molecular complexity index is 672. The van der Waals surface area contributed by atoms with Gasteiger partial charge >= 0.3 is 0 Å². The fourth-order valence-corrected chi connectivity index (χ4v) is 2.29. The lowest BCUT2D eigenvalue weighted by molar-refractivity contribution is -0.121. The van der Waals surface area contributed by atoms with Crippen molar-refractivity contribution in [3.05, 3.63) is 71.5 Å². The van der Waals surface area contributed by atoms with E-state index in [4.69, 9.17) is 0 Å². The molecule has 0 saturated carbocycles. The van der Waals surface area contributed by atoms with Crippen LogP contribution in [0.15, 0.2) is 54.6 Å². The molecule has 2 rings (SSSR count). The lowest BCUT2D eigenvalue weighted by Crippen LogP contribution is -2.29. The molecule has 0 saturated heterocycles. The van der Waals surface area contributed by atoms with Gasteiger partial charge in [-0.2, -0.15) is 0 Å². The number of halogens is 1. The molecule has 0 radical (unpaired) electrons. The van der Waals surface area contributed by atoms with E-state index in [1.54, 1.807) is 36.4 Å². The van der Waals surface area contributed by atoms with Gasteiger partial charge in [0.15, 0.2) is 0 Å². The van der Waals surface area contributed by atoms with Crippen LogP contribution in [0.25, 0.3) is 0 Å². The summed E-state index contributed by atoms with van der Waals surface area (Å²) in [6.45, 7) is 2.29. The van der Waals surface area contributed by atoms with E-state index >= 15 is 0 Å². The van der Waals surface area contributed by atoms with Crippen molar-refractivity contribution in [2.24, 2.45) is 0 Å². The van der Waals surface area contributed by atoms with Gasteiger partial charge in [0.2, 0.25) is 5.91 Å². The summed E-state index contributed by atoms with van der Waals surface area (Å²) >= 11 is 0. The average Bonchev–Trinajstić information content (AvgIpc) is 2.59. The molecule has 2 aromatic carbocycles. The zero-order valence-corrected chi connectivity index (χ0v) is 13.6. The normalized spacial score (nSPS) is 11.6. The Morgan fingerprint density at radius 2 is 1.71 bits per heavy atom. The second-order valence-electron chi connectivity index (χ2n) is 5.57. The Labute approximate surface area is 141 Å². The first kappa shape index (κ1) is 17.7. The van der Waals surface area contributed by atoms with E-state index in [-0.39, 0.29) is 23.7 Å². The Morgan fingerprint density at radius 1 is 1.04 bits per heavy atom. The van der Waals surface area contributed by atoms with Crippen molar-refractivity contribution in [3.8, 4) is 0 Å². The third-order valence-corrected chi connectivity index (χ3v) is 3.65. The summed E-state index contributed by atoms with van der Waals surface area (Å²) in [4.78, 5) is 23.7. The van der Waals surface area contributed by atoms with Crippen LogP contribution in [0.1, 0.15) is 41.7 Å². The molecule has 1 unspecified atom stereocenters. The van der Waals surface area contributed by atoms with Crippen LogP contribution < -0.4 is 10.6 Å². The zero-order valence-electron chi connectivity index (χ0n) is 13.6. The van der Waals surface area contributed by atoms with E-state index in [2.05, 4.69) is 10.6 Å². The molecule has 0 spiro atoms.